The zero-order valence-electron chi connectivity index (χ0n) is 6.02. The van der Waals surface area contributed by atoms with Crippen molar-refractivity contribution in [2.75, 3.05) is 0 Å². The number of nitrogens with zero attached hydrogens (tertiary/aromatic N) is 2. The number of aromatic nitrogens is 3. The Hall–Kier alpha value is -1.07. The minimum atomic E-state index is 0.760. The lowest BCUT2D eigenvalue weighted by Gasteiger charge is -1.91. The molecular formula is C7H5N3S2. The van der Waals surface area contributed by atoms with E-state index in [4.69, 9.17) is 12.2 Å². The summed E-state index contributed by atoms with van der Waals surface area (Å²) in [6.07, 6.45) is 5.00. The van der Waals surface area contributed by atoms with Crippen molar-refractivity contribution in [1.82, 2.24) is 15.0 Å². The van der Waals surface area contributed by atoms with Crippen molar-refractivity contribution in [3.63, 3.8) is 0 Å². The van der Waals surface area contributed by atoms with Gasteiger partial charge in [0.05, 0.1) is 11.9 Å². The molecule has 0 fully saturated rings. The molecule has 0 bridgehead atoms. The predicted molar refractivity (Wildman–Crippen MR) is 50.5 cm³/mol. The van der Waals surface area contributed by atoms with Crippen LogP contribution in [-0.4, -0.2) is 15.0 Å². The van der Waals surface area contributed by atoms with Gasteiger partial charge in [0.2, 0.25) is 0 Å². The molecule has 3 nitrogen and oxygen atoms in total. The Bertz CT molecular complexity index is 417. The van der Waals surface area contributed by atoms with Gasteiger partial charge >= 0.3 is 0 Å². The summed E-state index contributed by atoms with van der Waals surface area (Å²) in [5.74, 6) is 0. The molecule has 0 saturated heterocycles. The van der Waals surface area contributed by atoms with Crippen LogP contribution < -0.4 is 0 Å². The average Bonchev–Trinajstić information content (AvgIpc) is 2.54. The monoisotopic (exact) mass is 195 g/mol. The zero-order chi connectivity index (χ0) is 8.39. The van der Waals surface area contributed by atoms with Crippen LogP contribution in [0.1, 0.15) is 0 Å². The van der Waals surface area contributed by atoms with E-state index in [0.29, 0.717) is 0 Å². The van der Waals surface area contributed by atoms with Crippen LogP contribution in [0.4, 0.5) is 0 Å². The highest BCUT2D eigenvalue weighted by molar-refractivity contribution is 7.73. The second kappa shape index (κ2) is 3.12. The summed E-state index contributed by atoms with van der Waals surface area (Å²) in [4.78, 5) is 11.1. The van der Waals surface area contributed by atoms with E-state index in [1.54, 1.807) is 18.6 Å². The summed E-state index contributed by atoms with van der Waals surface area (Å²) in [5.41, 5.74) is 1.75. The molecule has 0 aliphatic rings. The van der Waals surface area contributed by atoms with E-state index in [2.05, 4.69) is 15.0 Å². The van der Waals surface area contributed by atoms with Crippen molar-refractivity contribution in [1.29, 1.82) is 0 Å². The topological polar surface area (TPSA) is 41.6 Å². The Labute approximate surface area is 78.1 Å². The van der Waals surface area contributed by atoms with Gasteiger partial charge in [0, 0.05) is 17.8 Å². The van der Waals surface area contributed by atoms with Crippen molar-refractivity contribution in [3.05, 3.63) is 27.9 Å². The molecular weight excluding hydrogens is 190 g/mol. The molecule has 0 aliphatic heterocycles. The van der Waals surface area contributed by atoms with Crippen molar-refractivity contribution < 1.29 is 0 Å². The normalized spacial score (nSPS) is 10.0. The van der Waals surface area contributed by atoms with Crippen molar-refractivity contribution in [2.24, 2.45) is 0 Å². The lowest BCUT2D eigenvalue weighted by molar-refractivity contribution is 1.19. The summed E-state index contributed by atoms with van der Waals surface area (Å²) in [5, 5.41) is 1.94. The van der Waals surface area contributed by atoms with Crippen LogP contribution >= 0.6 is 23.6 Å². The van der Waals surface area contributed by atoms with E-state index < -0.39 is 0 Å². The second-order valence-electron chi connectivity index (χ2n) is 2.15. The third kappa shape index (κ3) is 1.41. The van der Waals surface area contributed by atoms with E-state index >= 15 is 0 Å². The van der Waals surface area contributed by atoms with Gasteiger partial charge in [-0.1, -0.05) is 0 Å². The molecule has 2 heterocycles. The maximum atomic E-state index is 4.95. The summed E-state index contributed by atoms with van der Waals surface area (Å²) in [6.45, 7) is 0. The smallest absolute Gasteiger partial charge is 0.158 e. The van der Waals surface area contributed by atoms with Gasteiger partial charge in [-0.2, -0.15) is 0 Å². The van der Waals surface area contributed by atoms with E-state index in [9.17, 15) is 0 Å². The number of H-pyrrole nitrogens is 1. The van der Waals surface area contributed by atoms with Crippen LogP contribution in [0.25, 0.3) is 11.4 Å². The molecule has 2 aromatic rings. The molecule has 0 saturated carbocycles. The van der Waals surface area contributed by atoms with Gasteiger partial charge in [-0.25, -0.2) is 0 Å². The fourth-order valence-electron chi connectivity index (χ4n) is 0.844. The number of aromatic amines is 1. The minimum Gasteiger partial charge on any atom is -0.336 e. The maximum absolute atomic E-state index is 4.95. The average molecular weight is 195 g/mol. The molecule has 0 spiro atoms. The third-order valence-corrected chi connectivity index (χ3v) is 2.42. The first-order chi connectivity index (χ1) is 5.86. The summed E-state index contributed by atoms with van der Waals surface area (Å²) in [7, 11) is 0. The number of thiazole rings is 1. The molecule has 60 valence electrons. The van der Waals surface area contributed by atoms with E-state index in [1.165, 1.54) is 11.3 Å². The van der Waals surface area contributed by atoms with Gasteiger partial charge < -0.3 is 4.98 Å². The Balaban J connectivity index is 2.51. The molecule has 2 aromatic heterocycles. The lowest BCUT2D eigenvalue weighted by Crippen LogP contribution is -1.82. The number of rotatable bonds is 1. The largest absolute Gasteiger partial charge is 0.336 e. The van der Waals surface area contributed by atoms with Crippen LogP contribution in [0, 0.1) is 3.95 Å². The van der Waals surface area contributed by atoms with Gasteiger partial charge in [-0.3, -0.25) is 9.97 Å². The molecule has 0 aliphatic carbocycles. The van der Waals surface area contributed by atoms with Crippen LogP contribution in [0.5, 0.6) is 0 Å². The van der Waals surface area contributed by atoms with Crippen molar-refractivity contribution in [3.8, 4) is 11.4 Å². The van der Waals surface area contributed by atoms with Gasteiger partial charge in [-0.05, 0) is 12.2 Å². The molecule has 2 rings (SSSR count). The van der Waals surface area contributed by atoms with Gasteiger partial charge in [0.15, 0.2) is 3.95 Å². The Morgan fingerprint density at radius 2 is 2.33 bits per heavy atom. The number of nitrogens with one attached hydrogen (secondary N) is 1. The van der Waals surface area contributed by atoms with E-state index in [1.807, 2.05) is 5.38 Å². The summed E-state index contributed by atoms with van der Waals surface area (Å²) in [6, 6.07) is 0. The fourth-order valence-corrected chi connectivity index (χ4v) is 1.67. The summed E-state index contributed by atoms with van der Waals surface area (Å²) >= 11 is 6.44. The van der Waals surface area contributed by atoms with Gasteiger partial charge in [0.25, 0.3) is 0 Å². The highest BCUT2D eigenvalue weighted by atomic mass is 32.1. The fraction of sp³-hybridized carbons (Fsp3) is 0. The first-order valence-corrected chi connectivity index (χ1v) is 4.59. The standard InChI is InChI=1S/C7H5N3S2/c11-7-10-6(4-12-7)5-3-8-1-2-9-5/h1-4H,(H,10,11). The van der Waals surface area contributed by atoms with Crippen molar-refractivity contribution in [2.45, 2.75) is 0 Å². The summed E-state index contributed by atoms with van der Waals surface area (Å²) < 4.78 is 0.760. The van der Waals surface area contributed by atoms with Crippen LogP contribution in [0.15, 0.2) is 24.0 Å². The van der Waals surface area contributed by atoms with Crippen LogP contribution in [0.2, 0.25) is 0 Å². The first kappa shape index (κ1) is 7.57. The molecule has 0 aromatic carbocycles. The highest BCUT2D eigenvalue weighted by Crippen LogP contribution is 2.15. The first-order valence-electron chi connectivity index (χ1n) is 3.30. The molecule has 0 radical (unpaired) electrons. The molecule has 5 heteroatoms. The molecule has 1 N–H and O–H groups in total. The highest BCUT2D eigenvalue weighted by Gasteiger charge is 1.98. The maximum Gasteiger partial charge on any atom is 0.158 e. The van der Waals surface area contributed by atoms with E-state index in [-0.39, 0.29) is 0 Å². The van der Waals surface area contributed by atoms with Crippen LogP contribution in [-0.2, 0) is 0 Å². The second-order valence-corrected chi connectivity index (χ2v) is 3.70. The SMILES string of the molecule is S=c1[nH]c(-c2cnccn2)cs1. The Morgan fingerprint density at radius 3 is 2.92 bits per heavy atom. The molecule has 12 heavy (non-hydrogen) atoms. The van der Waals surface area contributed by atoms with Crippen LogP contribution in [0.3, 0.4) is 0 Å². The predicted octanol–water partition coefficient (Wildman–Crippen LogP) is 2.26. The van der Waals surface area contributed by atoms with Crippen molar-refractivity contribution >= 4 is 23.6 Å². The third-order valence-electron chi connectivity index (χ3n) is 1.36. The van der Waals surface area contributed by atoms with E-state index in [0.717, 1.165) is 15.3 Å². The molecule has 0 unspecified atom stereocenters. The lowest BCUT2D eigenvalue weighted by atomic mass is 10.4. The molecule has 0 atom stereocenters. The van der Waals surface area contributed by atoms with Gasteiger partial charge in [-0.15, -0.1) is 11.3 Å². The quantitative estimate of drug-likeness (QED) is 0.710. The molecule has 0 amide bonds. The van der Waals surface area contributed by atoms with Gasteiger partial charge in [0.1, 0.15) is 5.69 Å². The minimum absolute atomic E-state index is 0.760. The Morgan fingerprint density at radius 1 is 1.42 bits per heavy atom. The number of hydrogen-bond donors (Lipinski definition) is 1. The Kier molecular flexibility index (Phi) is 1.97. The number of hydrogen-bond acceptors (Lipinski definition) is 4. The zero-order valence-corrected chi connectivity index (χ0v) is 7.65.